The summed E-state index contributed by atoms with van der Waals surface area (Å²) in [5.74, 6) is -1.17. The third-order valence-electron chi connectivity index (χ3n) is 4.20. The highest BCUT2D eigenvalue weighted by Crippen LogP contribution is 2.16. The second-order valence-corrected chi connectivity index (χ2v) is 6.03. The zero-order valence-corrected chi connectivity index (χ0v) is 14.3. The Morgan fingerprint density at radius 1 is 1.15 bits per heavy atom. The Morgan fingerprint density at radius 2 is 1.92 bits per heavy atom. The maximum Gasteiger partial charge on any atom is 0.371 e. The summed E-state index contributed by atoms with van der Waals surface area (Å²) in [4.78, 5) is 23.3. The van der Waals surface area contributed by atoms with E-state index < -0.39 is 5.97 Å². The van der Waals surface area contributed by atoms with Crippen molar-refractivity contribution in [2.45, 2.75) is 32.1 Å². The molecule has 1 aromatic heterocycles. The van der Waals surface area contributed by atoms with Crippen molar-refractivity contribution in [3.63, 3.8) is 0 Å². The summed E-state index contributed by atoms with van der Waals surface area (Å²) in [6.45, 7) is 1.88. The van der Waals surface area contributed by atoms with Gasteiger partial charge in [0.05, 0.1) is 19.3 Å². The average molecular weight is 359 g/mol. The van der Waals surface area contributed by atoms with Crippen molar-refractivity contribution >= 4 is 11.9 Å². The summed E-state index contributed by atoms with van der Waals surface area (Å²) >= 11 is 0. The zero-order chi connectivity index (χ0) is 18.4. The first-order chi connectivity index (χ1) is 12.6. The maximum absolute atomic E-state index is 12.5. The number of nitrogens with one attached hydrogen (secondary N) is 1. The van der Waals surface area contributed by atoms with Crippen LogP contribution in [0.3, 0.4) is 0 Å². The lowest BCUT2D eigenvalue weighted by molar-refractivity contribution is -0.0392. The molecule has 26 heavy (non-hydrogen) atoms. The molecule has 0 radical (unpaired) electrons. The molecule has 1 aromatic carbocycles. The van der Waals surface area contributed by atoms with Crippen molar-refractivity contribution in [3.8, 4) is 0 Å². The van der Waals surface area contributed by atoms with Crippen molar-refractivity contribution in [1.82, 2.24) is 5.32 Å². The topological polar surface area (TPSA) is 98.0 Å². The number of carboxylic acid groups (broad SMARTS) is 1. The predicted molar refractivity (Wildman–Crippen MR) is 91.9 cm³/mol. The van der Waals surface area contributed by atoms with Gasteiger partial charge in [0.1, 0.15) is 5.76 Å². The molecule has 1 aliphatic heterocycles. The van der Waals surface area contributed by atoms with Crippen LogP contribution >= 0.6 is 0 Å². The smallest absolute Gasteiger partial charge is 0.371 e. The van der Waals surface area contributed by atoms with Crippen LogP contribution in [0.4, 0.5) is 0 Å². The molecule has 1 fully saturated rings. The fraction of sp³-hybridized carbons (Fsp3) is 0.368. The Balaban J connectivity index is 1.58. The van der Waals surface area contributed by atoms with Crippen LogP contribution in [0.2, 0.25) is 0 Å². The molecule has 0 bridgehead atoms. The molecule has 1 saturated heterocycles. The monoisotopic (exact) mass is 359 g/mol. The third kappa shape index (κ3) is 4.71. The lowest BCUT2D eigenvalue weighted by atomic mass is 10.1. The van der Waals surface area contributed by atoms with Gasteiger partial charge >= 0.3 is 5.97 Å². The highest BCUT2D eigenvalue weighted by molar-refractivity contribution is 5.95. The van der Waals surface area contributed by atoms with E-state index in [0.717, 1.165) is 18.4 Å². The molecule has 2 heterocycles. The number of aromatic carboxylic acids is 1. The number of hydrogen-bond donors (Lipinski definition) is 2. The summed E-state index contributed by atoms with van der Waals surface area (Å²) in [7, 11) is 0. The third-order valence-corrected chi connectivity index (χ3v) is 4.20. The summed E-state index contributed by atoms with van der Waals surface area (Å²) in [5.41, 5.74) is 1.34. The van der Waals surface area contributed by atoms with Gasteiger partial charge in [0.2, 0.25) is 5.76 Å². The van der Waals surface area contributed by atoms with E-state index in [1.807, 2.05) is 12.1 Å². The van der Waals surface area contributed by atoms with Crippen molar-refractivity contribution in [3.05, 3.63) is 59.0 Å². The van der Waals surface area contributed by atoms with Gasteiger partial charge in [-0.05, 0) is 36.6 Å². The standard InChI is InChI=1S/C19H21NO6/c21-18(20-11-15-5-6-17(26-15)19(22)23)16-4-2-1-3-13(16)12-25-14-7-9-24-10-8-14/h1-6,14H,7-12H2,(H,20,21)(H,22,23). The van der Waals surface area contributed by atoms with E-state index in [1.165, 1.54) is 12.1 Å². The zero-order valence-electron chi connectivity index (χ0n) is 14.3. The molecule has 0 spiro atoms. The number of ether oxygens (including phenoxy) is 2. The van der Waals surface area contributed by atoms with Crippen molar-refractivity contribution < 1.29 is 28.6 Å². The minimum Gasteiger partial charge on any atom is -0.475 e. The number of carbonyl (C=O) groups excluding carboxylic acids is 1. The first kappa shape index (κ1) is 18.2. The van der Waals surface area contributed by atoms with E-state index >= 15 is 0 Å². The van der Waals surface area contributed by atoms with Crippen LogP contribution in [0.5, 0.6) is 0 Å². The number of hydrogen-bond acceptors (Lipinski definition) is 5. The fourth-order valence-corrected chi connectivity index (χ4v) is 2.77. The van der Waals surface area contributed by atoms with Crippen LogP contribution < -0.4 is 5.32 Å². The lowest BCUT2D eigenvalue weighted by Crippen LogP contribution is -2.25. The number of carbonyl (C=O) groups is 2. The van der Waals surface area contributed by atoms with Gasteiger partial charge in [0.25, 0.3) is 5.91 Å². The minimum atomic E-state index is -1.14. The van der Waals surface area contributed by atoms with Crippen LogP contribution in [0.15, 0.2) is 40.8 Å². The molecular formula is C19H21NO6. The van der Waals surface area contributed by atoms with Gasteiger partial charge in [-0.25, -0.2) is 4.79 Å². The average Bonchev–Trinajstić information content (AvgIpc) is 3.15. The number of benzene rings is 1. The number of carboxylic acids is 1. The van der Waals surface area contributed by atoms with E-state index in [9.17, 15) is 9.59 Å². The van der Waals surface area contributed by atoms with Gasteiger partial charge in [-0.3, -0.25) is 4.79 Å². The molecule has 1 amide bonds. The fourth-order valence-electron chi connectivity index (χ4n) is 2.77. The van der Waals surface area contributed by atoms with Crippen LogP contribution in [0.25, 0.3) is 0 Å². The quantitative estimate of drug-likeness (QED) is 0.789. The van der Waals surface area contributed by atoms with Crippen LogP contribution in [-0.2, 0) is 22.6 Å². The highest BCUT2D eigenvalue weighted by Gasteiger charge is 2.17. The molecule has 0 aliphatic carbocycles. The Kier molecular flexibility index (Phi) is 6.04. The van der Waals surface area contributed by atoms with E-state index in [4.69, 9.17) is 19.0 Å². The molecule has 2 N–H and O–H groups in total. The Morgan fingerprint density at radius 3 is 2.65 bits per heavy atom. The van der Waals surface area contributed by atoms with E-state index in [-0.39, 0.29) is 24.3 Å². The Labute approximate surface area is 150 Å². The maximum atomic E-state index is 12.5. The van der Waals surface area contributed by atoms with Gasteiger partial charge in [-0.1, -0.05) is 18.2 Å². The van der Waals surface area contributed by atoms with E-state index in [1.54, 1.807) is 12.1 Å². The van der Waals surface area contributed by atoms with Crippen LogP contribution in [-0.4, -0.2) is 36.3 Å². The second kappa shape index (κ2) is 8.64. The van der Waals surface area contributed by atoms with Crippen LogP contribution in [0.1, 0.15) is 45.1 Å². The molecule has 0 unspecified atom stereocenters. The molecule has 3 rings (SSSR count). The van der Waals surface area contributed by atoms with E-state index in [0.29, 0.717) is 31.1 Å². The molecule has 1 aliphatic rings. The first-order valence-corrected chi connectivity index (χ1v) is 8.51. The molecule has 138 valence electrons. The van der Waals surface area contributed by atoms with Gasteiger partial charge in [-0.2, -0.15) is 0 Å². The molecule has 7 nitrogen and oxygen atoms in total. The predicted octanol–water partition coefficient (Wildman–Crippen LogP) is 2.60. The van der Waals surface area contributed by atoms with Crippen LogP contribution in [0, 0.1) is 0 Å². The molecule has 2 aromatic rings. The second-order valence-electron chi connectivity index (χ2n) is 6.03. The highest BCUT2D eigenvalue weighted by atomic mass is 16.5. The van der Waals surface area contributed by atoms with Crippen molar-refractivity contribution in [2.75, 3.05) is 13.2 Å². The SMILES string of the molecule is O=C(O)c1ccc(CNC(=O)c2ccccc2COC2CCOCC2)o1. The Bertz CT molecular complexity index is 763. The lowest BCUT2D eigenvalue weighted by Gasteiger charge is -2.22. The summed E-state index contributed by atoms with van der Waals surface area (Å²) < 4.78 is 16.4. The Hall–Kier alpha value is -2.64. The first-order valence-electron chi connectivity index (χ1n) is 8.51. The number of rotatable bonds is 7. The van der Waals surface area contributed by atoms with Gasteiger partial charge < -0.3 is 24.3 Å². The summed E-state index contributed by atoms with van der Waals surface area (Å²) in [6.07, 6.45) is 1.87. The minimum absolute atomic E-state index is 0.112. The normalized spacial score (nSPS) is 14.9. The van der Waals surface area contributed by atoms with Gasteiger partial charge in [0.15, 0.2) is 0 Å². The summed E-state index contributed by atoms with van der Waals surface area (Å²) in [6, 6.07) is 10.2. The summed E-state index contributed by atoms with van der Waals surface area (Å²) in [5, 5.41) is 11.6. The number of amides is 1. The van der Waals surface area contributed by atoms with E-state index in [2.05, 4.69) is 5.32 Å². The van der Waals surface area contributed by atoms with Crippen molar-refractivity contribution in [2.24, 2.45) is 0 Å². The number of furan rings is 1. The molecule has 0 atom stereocenters. The largest absolute Gasteiger partial charge is 0.475 e. The van der Waals surface area contributed by atoms with Gasteiger partial charge in [-0.15, -0.1) is 0 Å². The molecule has 7 heteroatoms. The molecule has 0 saturated carbocycles. The van der Waals surface area contributed by atoms with Crippen molar-refractivity contribution in [1.29, 1.82) is 0 Å². The molecular weight excluding hydrogens is 338 g/mol. The van der Waals surface area contributed by atoms with Gasteiger partial charge in [0, 0.05) is 18.8 Å².